The monoisotopic (exact) mass is 294 g/mol. The summed E-state index contributed by atoms with van der Waals surface area (Å²) in [6, 6.07) is 0. The molecule has 21 heavy (non-hydrogen) atoms. The van der Waals surface area contributed by atoms with Gasteiger partial charge in [0, 0.05) is 26.2 Å². The number of carbonyl (C=O) groups excluding carboxylic acids is 2. The highest BCUT2D eigenvalue weighted by atomic mass is 16.5. The van der Waals surface area contributed by atoms with E-state index in [2.05, 4.69) is 6.58 Å². The van der Waals surface area contributed by atoms with E-state index in [0.29, 0.717) is 12.6 Å². The summed E-state index contributed by atoms with van der Waals surface area (Å²) in [6.45, 7) is 10.4. The van der Waals surface area contributed by atoms with Crippen molar-refractivity contribution in [1.29, 1.82) is 0 Å². The quantitative estimate of drug-likeness (QED) is 0.697. The molecule has 0 aromatic carbocycles. The zero-order valence-electron chi connectivity index (χ0n) is 13.1. The van der Waals surface area contributed by atoms with Gasteiger partial charge in [0.05, 0.1) is 12.6 Å². The summed E-state index contributed by atoms with van der Waals surface area (Å²) >= 11 is 0. The summed E-state index contributed by atoms with van der Waals surface area (Å²) in [4.78, 5) is 27.4. The lowest BCUT2D eigenvalue weighted by atomic mass is 9.66. The van der Waals surface area contributed by atoms with Crippen LogP contribution in [-0.4, -0.2) is 60.5 Å². The van der Waals surface area contributed by atoms with Crippen LogP contribution in [0.25, 0.3) is 0 Å². The van der Waals surface area contributed by atoms with E-state index >= 15 is 0 Å². The highest BCUT2D eigenvalue weighted by Crippen LogP contribution is 2.49. The molecule has 0 N–H and O–H groups in total. The van der Waals surface area contributed by atoms with E-state index in [9.17, 15) is 9.59 Å². The first kappa shape index (κ1) is 16.0. The number of ether oxygens (including phenoxy) is 1. The first-order valence-electron chi connectivity index (χ1n) is 7.84. The Bertz CT molecular complexity index is 416. The fraction of sp³-hybridized carbons (Fsp3) is 0.750. The third-order valence-corrected chi connectivity index (χ3v) is 4.71. The average molecular weight is 294 g/mol. The van der Waals surface area contributed by atoms with E-state index < -0.39 is 0 Å². The molecule has 0 aromatic heterocycles. The minimum atomic E-state index is -0.181. The number of hydrogen-bond donors (Lipinski definition) is 0. The van der Waals surface area contributed by atoms with Gasteiger partial charge in [-0.3, -0.25) is 9.59 Å². The van der Waals surface area contributed by atoms with Crippen molar-refractivity contribution in [1.82, 2.24) is 9.80 Å². The molecule has 1 heterocycles. The Hall–Kier alpha value is -1.36. The summed E-state index contributed by atoms with van der Waals surface area (Å²) in [7, 11) is 0. The summed E-state index contributed by atoms with van der Waals surface area (Å²) in [5.74, 6) is -0.136. The first-order chi connectivity index (χ1) is 10.0. The molecule has 0 radical (unpaired) electrons. The fourth-order valence-corrected chi connectivity index (χ4v) is 3.48. The van der Waals surface area contributed by atoms with Crippen molar-refractivity contribution in [2.75, 3.05) is 32.8 Å². The molecule has 1 aliphatic carbocycles. The van der Waals surface area contributed by atoms with Crippen LogP contribution in [0.5, 0.6) is 0 Å². The van der Waals surface area contributed by atoms with Crippen LogP contribution in [0.1, 0.15) is 33.1 Å². The van der Waals surface area contributed by atoms with Gasteiger partial charge < -0.3 is 14.5 Å². The van der Waals surface area contributed by atoms with Gasteiger partial charge in [0.2, 0.25) is 11.8 Å². The van der Waals surface area contributed by atoms with Gasteiger partial charge >= 0.3 is 0 Å². The normalized spacial score (nSPS) is 27.5. The Labute approximate surface area is 126 Å². The van der Waals surface area contributed by atoms with E-state index in [1.54, 1.807) is 0 Å². The third-order valence-electron chi connectivity index (χ3n) is 4.71. The van der Waals surface area contributed by atoms with Crippen molar-refractivity contribution in [2.24, 2.45) is 5.41 Å². The summed E-state index contributed by atoms with van der Waals surface area (Å²) in [5.41, 5.74) is 0.273. The number of hydrogen-bond acceptors (Lipinski definition) is 3. The largest absolute Gasteiger partial charge is 0.378 e. The lowest BCUT2D eigenvalue weighted by molar-refractivity contribution is -0.138. The Morgan fingerprint density at radius 3 is 2.71 bits per heavy atom. The van der Waals surface area contributed by atoms with Crippen molar-refractivity contribution < 1.29 is 14.3 Å². The van der Waals surface area contributed by atoms with E-state index in [-0.39, 0.29) is 23.8 Å². The third kappa shape index (κ3) is 3.46. The second-order valence-corrected chi connectivity index (χ2v) is 6.11. The van der Waals surface area contributed by atoms with E-state index in [4.69, 9.17) is 4.74 Å². The van der Waals surface area contributed by atoms with Crippen molar-refractivity contribution >= 4 is 11.8 Å². The molecule has 5 heteroatoms. The number of nitrogens with zero attached hydrogens (tertiary/aromatic N) is 2. The zero-order valence-corrected chi connectivity index (χ0v) is 13.1. The molecule has 0 atom stereocenters. The zero-order chi connectivity index (χ0) is 15.5. The molecule has 1 spiro atoms. The number of carbonyl (C=O) groups is 2. The molecule has 0 aromatic rings. The number of amides is 2. The van der Waals surface area contributed by atoms with Crippen LogP contribution < -0.4 is 0 Å². The minimum Gasteiger partial charge on any atom is -0.378 e. The minimum absolute atomic E-state index is 0.0452. The van der Waals surface area contributed by atoms with Crippen molar-refractivity contribution in [3.8, 4) is 0 Å². The van der Waals surface area contributed by atoms with Crippen LogP contribution in [-0.2, 0) is 14.3 Å². The maximum atomic E-state index is 12.3. The molecule has 118 valence electrons. The number of likely N-dealkylation sites (N-methyl/N-ethyl adjacent to an activating group) is 1. The van der Waals surface area contributed by atoms with E-state index in [0.717, 1.165) is 39.0 Å². The smallest absolute Gasteiger partial charge is 0.246 e. The van der Waals surface area contributed by atoms with Crippen LogP contribution >= 0.6 is 0 Å². The molecule has 2 rings (SSSR count). The summed E-state index contributed by atoms with van der Waals surface area (Å²) in [5, 5.41) is 0. The molecule has 1 saturated carbocycles. The predicted molar refractivity (Wildman–Crippen MR) is 80.7 cm³/mol. The molecule has 2 aliphatic rings. The number of likely N-dealkylation sites (tertiary alicyclic amines) is 1. The van der Waals surface area contributed by atoms with Crippen LogP contribution in [0.4, 0.5) is 0 Å². The molecule has 2 amide bonds. The van der Waals surface area contributed by atoms with Gasteiger partial charge in [-0.1, -0.05) is 6.58 Å². The molecule has 1 saturated heterocycles. The van der Waals surface area contributed by atoms with Gasteiger partial charge in [0.25, 0.3) is 0 Å². The van der Waals surface area contributed by atoms with Crippen LogP contribution in [0.3, 0.4) is 0 Å². The Balaban J connectivity index is 1.83. The molecule has 1 aliphatic heterocycles. The SMILES string of the molecule is C=CC(=O)N(CC)CC(=O)N1CCC2(CC(OCC)C2)C1. The molecule has 0 unspecified atom stereocenters. The molecular formula is C16H26N2O3. The summed E-state index contributed by atoms with van der Waals surface area (Å²) < 4.78 is 5.62. The van der Waals surface area contributed by atoms with Crippen LogP contribution in [0.2, 0.25) is 0 Å². The Kier molecular flexibility index (Phi) is 5.04. The lowest BCUT2D eigenvalue weighted by Crippen LogP contribution is -2.46. The van der Waals surface area contributed by atoms with Crippen LogP contribution in [0.15, 0.2) is 12.7 Å². The first-order valence-corrected chi connectivity index (χ1v) is 7.84. The van der Waals surface area contributed by atoms with Gasteiger partial charge in [0.1, 0.15) is 0 Å². The predicted octanol–water partition coefficient (Wildman–Crippen LogP) is 1.44. The summed E-state index contributed by atoms with van der Waals surface area (Å²) in [6.07, 6.45) is 4.83. The molecule has 5 nitrogen and oxygen atoms in total. The fourth-order valence-electron chi connectivity index (χ4n) is 3.48. The number of rotatable bonds is 6. The maximum absolute atomic E-state index is 12.3. The van der Waals surface area contributed by atoms with Gasteiger partial charge in [-0.2, -0.15) is 0 Å². The average Bonchev–Trinajstić information content (AvgIpc) is 2.89. The topological polar surface area (TPSA) is 49.9 Å². The van der Waals surface area contributed by atoms with Gasteiger partial charge in [-0.05, 0) is 44.6 Å². The van der Waals surface area contributed by atoms with E-state index in [1.165, 1.54) is 11.0 Å². The second-order valence-electron chi connectivity index (χ2n) is 6.11. The highest BCUT2D eigenvalue weighted by molar-refractivity contribution is 5.91. The van der Waals surface area contributed by atoms with Gasteiger partial charge in [-0.15, -0.1) is 0 Å². The van der Waals surface area contributed by atoms with Gasteiger partial charge in [0.15, 0.2) is 0 Å². The second kappa shape index (κ2) is 6.60. The van der Waals surface area contributed by atoms with Crippen LogP contribution in [0, 0.1) is 5.41 Å². The lowest BCUT2D eigenvalue weighted by Gasteiger charge is -2.44. The standard InChI is InChI=1S/C16H26N2O3/c1-4-14(19)17(5-2)11-15(20)18-8-7-16(12-18)9-13(10-16)21-6-3/h4,13H,1,5-12H2,2-3H3. The van der Waals surface area contributed by atoms with Crippen molar-refractivity contribution in [2.45, 2.75) is 39.2 Å². The van der Waals surface area contributed by atoms with Crippen molar-refractivity contribution in [3.63, 3.8) is 0 Å². The highest BCUT2D eigenvalue weighted by Gasteiger charge is 2.49. The maximum Gasteiger partial charge on any atom is 0.246 e. The van der Waals surface area contributed by atoms with E-state index in [1.807, 2.05) is 18.7 Å². The molecule has 0 bridgehead atoms. The molecular weight excluding hydrogens is 268 g/mol. The van der Waals surface area contributed by atoms with Crippen molar-refractivity contribution in [3.05, 3.63) is 12.7 Å². The van der Waals surface area contributed by atoms with Gasteiger partial charge in [-0.25, -0.2) is 0 Å². The Morgan fingerprint density at radius 1 is 1.43 bits per heavy atom. The molecule has 2 fully saturated rings. The Morgan fingerprint density at radius 2 is 2.14 bits per heavy atom.